The fourth-order valence-electron chi connectivity index (χ4n) is 1.75. The van der Waals surface area contributed by atoms with Gasteiger partial charge in [-0.25, -0.2) is 4.79 Å². The third-order valence-electron chi connectivity index (χ3n) is 2.86. The molecule has 2 rings (SSSR count). The fraction of sp³-hybridized carbons (Fsp3) is 0.667. The summed E-state index contributed by atoms with van der Waals surface area (Å²) in [5.41, 5.74) is -1.37. The van der Waals surface area contributed by atoms with Gasteiger partial charge in [-0.2, -0.15) is 9.78 Å². The topological polar surface area (TPSA) is 127 Å². The van der Waals surface area contributed by atoms with Crippen LogP contribution in [0.15, 0.2) is 15.8 Å². The Bertz CT molecular complexity index is 552. The number of aliphatic hydroxyl groups is 3. The van der Waals surface area contributed by atoms with Gasteiger partial charge in [0.25, 0.3) is 5.56 Å². The maximum absolute atomic E-state index is 11.8. The molecule has 9 heteroatoms. The van der Waals surface area contributed by atoms with Crippen LogP contribution in [0.3, 0.4) is 0 Å². The maximum Gasteiger partial charge on any atom is 0.349 e. The number of nitrogens with zero attached hydrogens (tertiary/aromatic N) is 3. The molecule has 0 amide bonds. The Morgan fingerprint density at radius 1 is 1.39 bits per heavy atom. The van der Waals surface area contributed by atoms with Gasteiger partial charge in [0.1, 0.15) is 24.5 Å². The molecule has 9 nitrogen and oxygen atoms in total. The van der Waals surface area contributed by atoms with E-state index >= 15 is 0 Å². The van der Waals surface area contributed by atoms with Crippen LogP contribution >= 0.6 is 0 Å². The molecule has 1 aliphatic heterocycles. The summed E-state index contributed by atoms with van der Waals surface area (Å²) in [6.07, 6.45) is -4.08. The second-order valence-corrected chi connectivity index (χ2v) is 4.00. The zero-order valence-electron chi connectivity index (χ0n) is 9.50. The molecule has 1 aliphatic rings. The normalized spacial score (nSPS) is 31.8. The Hall–Kier alpha value is -1.55. The van der Waals surface area contributed by atoms with Crippen LogP contribution in [0.1, 0.15) is 6.23 Å². The number of aliphatic hydroxyl groups excluding tert-OH is 3. The first-order valence-electron chi connectivity index (χ1n) is 5.24. The lowest BCUT2D eigenvalue weighted by Crippen LogP contribution is -2.43. The molecule has 1 saturated heterocycles. The Balaban J connectivity index is 2.42. The summed E-state index contributed by atoms with van der Waals surface area (Å²) in [5.74, 6) is 0. The van der Waals surface area contributed by atoms with Gasteiger partial charge in [-0.15, -0.1) is 0 Å². The first kappa shape index (κ1) is 12.9. The molecule has 0 radical (unpaired) electrons. The van der Waals surface area contributed by atoms with Gasteiger partial charge in [0.05, 0.1) is 6.61 Å². The fourth-order valence-corrected chi connectivity index (χ4v) is 1.75. The van der Waals surface area contributed by atoms with Crippen molar-refractivity contribution >= 4 is 0 Å². The van der Waals surface area contributed by atoms with E-state index in [0.29, 0.717) is 0 Å². The highest BCUT2D eigenvalue weighted by atomic mass is 16.6. The standard InChI is InChI=1S/C9H13N3O6/c1-11-5(14)2-10-12(9(11)17)8-7(16)6(15)4(3-13)18-8/h2,4,6-8,13,15-16H,3H2,1H3/t4-,6-,7-,8-/m1/s1. The van der Waals surface area contributed by atoms with Gasteiger partial charge in [-0.05, 0) is 0 Å². The van der Waals surface area contributed by atoms with E-state index in [2.05, 4.69) is 5.10 Å². The minimum Gasteiger partial charge on any atom is -0.394 e. The lowest BCUT2D eigenvalue weighted by atomic mass is 10.1. The van der Waals surface area contributed by atoms with Crippen molar-refractivity contribution in [2.24, 2.45) is 7.05 Å². The highest BCUT2D eigenvalue weighted by Crippen LogP contribution is 2.27. The first-order valence-corrected chi connectivity index (χ1v) is 5.24. The summed E-state index contributed by atoms with van der Waals surface area (Å²) in [4.78, 5) is 22.9. The van der Waals surface area contributed by atoms with Gasteiger partial charge < -0.3 is 20.1 Å². The first-order chi connectivity index (χ1) is 8.47. The molecular weight excluding hydrogens is 246 g/mol. The van der Waals surface area contributed by atoms with Crippen molar-refractivity contribution in [2.75, 3.05) is 6.61 Å². The minimum absolute atomic E-state index is 0.505. The van der Waals surface area contributed by atoms with Crippen LogP contribution in [0.2, 0.25) is 0 Å². The third kappa shape index (κ3) is 1.86. The minimum atomic E-state index is -1.41. The summed E-state index contributed by atoms with van der Waals surface area (Å²) in [5, 5.41) is 31.8. The molecule has 18 heavy (non-hydrogen) atoms. The Labute approximate surface area is 100 Å². The molecule has 2 heterocycles. The summed E-state index contributed by atoms with van der Waals surface area (Å²) >= 11 is 0. The Kier molecular flexibility index (Phi) is 3.30. The zero-order chi connectivity index (χ0) is 13.4. The number of rotatable bonds is 2. The van der Waals surface area contributed by atoms with E-state index in [4.69, 9.17) is 9.84 Å². The lowest BCUT2D eigenvalue weighted by molar-refractivity contribution is -0.0624. The van der Waals surface area contributed by atoms with E-state index in [9.17, 15) is 19.8 Å². The second-order valence-electron chi connectivity index (χ2n) is 4.00. The molecule has 4 atom stereocenters. The van der Waals surface area contributed by atoms with Crippen molar-refractivity contribution in [3.63, 3.8) is 0 Å². The van der Waals surface area contributed by atoms with Crippen molar-refractivity contribution in [2.45, 2.75) is 24.5 Å². The third-order valence-corrected chi connectivity index (χ3v) is 2.86. The van der Waals surface area contributed by atoms with Crippen molar-refractivity contribution in [3.8, 4) is 0 Å². The summed E-state index contributed by atoms with van der Waals surface area (Å²) in [7, 11) is 1.25. The molecule has 1 aromatic heterocycles. The van der Waals surface area contributed by atoms with Crippen LogP contribution < -0.4 is 11.2 Å². The van der Waals surface area contributed by atoms with Crippen molar-refractivity contribution in [1.29, 1.82) is 0 Å². The number of hydrogen-bond acceptors (Lipinski definition) is 7. The van der Waals surface area contributed by atoms with E-state index in [1.165, 1.54) is 7.05 Å². The van der Waals surface area contributed by atoms with E-state index in [1.54, 1.807) is 0 Å². The summed E-state index contributed by atoms with van der Waals surface area (Å²) in [6, 6.07) is 0. The van der Waals surface area contributed by atoms with Crippen molar-refractivity contribution in [1.82, 2.24) is 14.3 Å². The van der Waals surface area contributed by atoms with Gasteiger partial charge in [0.2, 0.25) is 0 Å². The average Bonchev–Trinajstić information content (AvgIpc) is 2.64. The maximum atomic E-state index is 11.8. The highest BCUT2D eigenvalue weighted by molar-refractivity contribution is 4.89. The van der Waals surface area contributed by atoms with E-state index in [1.807, 2.05) is 0 Å². The zero-order valence-corrected chi connectivity index (χ0v) is 9.50. The van der Waals surface area contributed by atoms with E-state index in [0.717, 1.165) is 15.4 Å². The van der Waals surface area contributed by atoms with Crippen LogP contribution in [0.5, 0.6) is 0 Å². The molecule has 100 valence electrons. The van der Waals surface area contributed by atoms with Gasteiger partial charge in [-0.3, -0.25) is 9.36 Å². The predicted molar refractivity (Wildman–Crippen MR) is 56.7 cm³/mol. The molecule has 0 spiro atoms. The average molecular weight is 259 g/mol. The number of hydrogen-bond donors (Lipinski definition) is 3. The van der Waals surface area contributed by atoms with E-state index < -0.39 is 42.4 Å². The number of aromatic nitrogens is 3. The van der Waals surface area contributed by atoms with Crippen molar-refractivity contribution in [3.05, 3.63) is 27.0 Å². The quantitative estimate of drug-likeness (QED) is 0.504. The van der Waals surface area contributed by atoms with Crippen LogP contribution in [0, 0.1) is 0 Å². The monoisotopic (exact) mass is 259 g/mol. The van der Waals surface area contributed by atoms with Crippen LogP contribution in [0.25, 0.3) is 0 Å². The molecule has 0 aliphatic carbocycles. The Morgan fingerprint density at radius 2 is 2.06 bits per heavy atom. The van der Waals surface area contributed by atoms with E-state index in [-0.39, 0.29) is 0 Å². The molecule has 0 bridgehead atoms. The second kappa shape index (κ2) is 4.61. The molecule has 1 aromatic rings. The van der Waals surface area contributed by atoms with Crippen molar-refractivity contribution < 1.29 is 20.1 Å². The lowest BCUT2D eigenvalue weighted by Gasteiger charge is -2.16. The number of ether oxygens (including phenoxy) is 1. The van der Waals surface area contributed by atoms with Gasteiger partial charge in [0, 0.05) is 7.05 Å². The highest BCUT2D eigenvalue weighted by Gasteiger charge is 2.44. The molecule has 3 N–H and O–H groups in total. The van der Waals surface area contributed by atoms with Crippen LogP contribution in [-0.2, 0) is 11.8 Å². The summed E-state index contributed by atoms with van der Waals surface area (Å²) < 4.78 is 6.68. The smallest absolute Gasteiger partial charge is 0.349 e. The van der Waals surface area contributed by atoms with Crippen LogP contribution in [0.4, 0.5) is 0 Å². The summed E-state index contributed by atoms with van der Waals surface area (Å²) in [6.45, 7) is -0.505. The molecule has 0 saturated carbocycles. The predicted octanol–water partition coefficient (Wildman–Crippen LogP) is -3.45. The van der Waals surface area contributed by atoms with Gasteiger partial charge in [0.15, 0.2) is 6.23 Å². The molecule has 0 unspecified atom stereocenters. The Morgan fingerprint density at radius 3 is 2.61 bits per heavy atom. The molecule has 1 fully saturated rings. The molecular formula is C9H13N3O6. The molecule has 0 aromatic carbocycles. The SMILES string of the molecule is Cn1c(=O)cnn([C@@H]2O[C@H](CO)[C@@H](O)[C@H]2O)c1=O. The van der Waals surface area contributed by atoms with Gasteiger partial charge >= 0.3 is 5.69 Å². The van der Waals surface area contributed by atoms with Crippen LogP contribution in [-0.4, -0.2) is 54.6 Å². The largest absolute Gasteiger partial charge is 0.394 e. The van der Waals surface area contributed by atoms with Gasteiger partial charge in [-0.1, -0.05) is 0 Å².